The van der Waals surface area contributed by atoms with Crippen molar-refractivity contribution < 1.29 is 4.74 Å². The van der Waals surface area contributed by atoms with Gasteiger partial charge in [-0.15, -0.1) is 0 Å². The summed E-state index contributed by atoms with van der Waals surface area (Å²) in [5, 5.41) is 3.54. The molecular formula is C15H29NO. The molecule has 0 amide bonds. The zero-order valence-electron chi connectivity index (χ0n) is 12.2. The molecule has 100 valence electrons. The van der Waals surface area contributed by atoms with Gasteiger partial charge >= 0.3 is 0 Å². The van der Waals surface area contributed by atoms with Crippen molar-refractivity contribution in [3.05, 3.63) is 0 Å². The maximum atomic E-state index is 5.72. The zero-order chi connectivity index (χ0) is 12.7. The van der Waals surface area contributed by atoms with E-state index in [0.29, 0.717) is 23.0 Å². The summed E-state index contributed by atoms with van der Waals surface area (Å²) in [6.07, 6.45) is 5.56. The zero-order valence-corrected chi connectivity index (χ0v) is 12.2. The van der Waals surface area contributed by atoms with Crippen LogP contribution in [0.15, 0.2) is 0 Å². The number of ether oxygens (including phenoxy) is 1. The van der Waals surface area contributed by atoms with Gasteiger partial charge in [0, 0.05) is 12.6 Å². The summed E-state index contributed by atoms with van der Waals surface area (Å²) in [5.41, 5.74) is 0.967. The lowest BCUT2D eigenvalue weighted by atomic mass is 9.97. The van der Waals surface area contributed by atoms with Crippen LogP contribution in [0.1, 0.15) is 53.4 Å². The lowest BCUT2D eigenvalue weighted by Crippen LogP contribution is -2.31. The predicted molar refractivity (Wildman–Crippen MR) is 72.1 cm³/mol. The van der Waals surface area contributed by atoms with Crippen LogP contribution in [0.4, 0.5) is 0 Å². The third kappa shape index (κ3) is 2.26. The minimum atomic E-state index is 0.483. The minimum absolute atomic E-state index is 0.483. The second-order valence-electron chi connectivity index (χ2n) is 7.03. The fraction of sp³-hybridized carbons (Fsp3) is 1.00. The fourth-order valence-electron chi connectivity index (χ4n) is 3.97. The number of nitrogens with one attached hydrogen (secondary N) is 1. The van der Waals surface area contributed by atoms with E-state index >= 15 is 0 Å². The van der Waals surface area contributed by atoms with Crippen molar-refractivity contribution in [1.29, 1.82) is 0 Å². The molecule has 0 radical (unpaired) electrons. The van der Waals surface area contributed by atoms with Crippen molar-refractivity contribution >= 4 is 0 Å². The Balaban J connectivity index is 1.85. The lowest BCUT2D eigenvalue weighted by Gasteiger charge is -2.20. The summed E-state index contributed by atoms with van der Waals surface area (Å²) in [4.78, 5) is 0. The van der Waals surface area contributed by atoms with Gasteiger partial charge in [-0.2, -0.15) is 0 Å². The highest BCUT2D eigenvalue weighted by Crippen LogP contribution is 2.70. The van der Waals surface area contributed by atoms with E-state index in [-0.39, 0.29) is 0 Å². The Morgan fingerprint density at radius 2 is 1.88 bits per heavy atom. The van der Waals surface area contributed by atoms with Crippen LogP contribution in [-0.2, 0) is 4.74 Å². The summed E-state index contributed by atoms with van der Waals surface area (Å²) in [6.45, 7) is 10.6. The second kappa shape index (κ2) is 4.55. The van der Waals surface area contributed by atoms with Crippen LogP contribution in [0.3, 0.4) is 0 Å². The van der Waals surface area contributed by atoms with Gasteiger partial charge in [0.05, 0.1) is 6.10 Å². The van der Waals surface area contributed by atoms with Crippen LogP contribution in [0.25, 0.3) is 0 Å². The van der Waals surface area contributed by atoms with Crippen molar-refractivity contribution in [3.8, 4) is 0 Å². The van der Waals surface area contributed by atoms with Gasteiger partial charge in [0.1, 0.15) is 0 Å². The number of rotatable bonds is 5. The molecule has 1 saturated carbocycles. The molecule has 1 N–H and O–H groups in total. The maximum absolute atomic E-state index is 5.72. The van der Waals surface area contributed by atoms with Gasteiger partial charge in [-0.05, 0) is 49.5 Å². The highest BCUT2D eigenvalue weighted by atomic mass is 16.5. The number of hydrogen-bond acceptors (Lipinski definition) is 2. The summed E-state index contributed by atoms with van der Waals surface area (Å²) in [6, 6.07) is 0.657. The molecule has 1 heterocycles. The van der Waals surface area contributed by atoms with E-state index in [1.165, 1.54) is 25.7 Å². The average molecular weight is 239 g/mol. The van der Waals surface area contributed by atoms with Crippen molar-refractivity contribution in [3.63, 3.8) is 0 Å². The molecule has 0 aromatic rings. The Hall–Kier alpha value is -0.0800. The first-order valence-electron chi connectivity index (χ1n) is 7.20. The molecule has 0 aromatic heterocycles. The Bertz CT molecular complexity index is 252. The molecule has 2 atom stereocenters. The molecule has 2 fully saturated rings. The molecule has 2 rings (SSSR count). The standard InChI is InChI=1S/C15H29NO/c1-14(2)13(15(14,3)4)12(16-5)9-8-11-7-6-10-17-11/h11-13,16H,6-10H2,1-5H3. The molecule has 2 unspecified atom stereocenters. The van der Waals surface area contributed by atoms with E-state index < -0.39 is 0 Å². The van der Waals surface area contributed by atoms with E-state index in [2.05, 4.69) is 40.1 Å². The SMILES string of the molecule is CNC(CCC1CCCO1)C1C(C)(C)C1(C)C. The molecule has 2 heteroatoms. The molecular weight excluding hydrogens is 210 g/mol. The van der Waals surface area contributed by atoms with Gasteiger partial charge in [-0.25, -0.2) is 0 Å². The van der Waals surface area contributed by atoms with Gasteiger partial charge in [0.2, 0.25) is 0 Å². The largest absolute Gasteiger partial charge is 0.378 e. The van der Waals surface area contributed by atoms with Gasteiger partial charge in [-0.1, -0.05) is 27.7 Å². The number of hydrogen-bond donors (Lipinski definition) is 1. The lowest BCUT2D eigenvalue weighted by molar-refractivity contribution is 0.0983. The Morgan fingerprint density at radius 1 is 1.24 bits per heavy atom. The average Bonchev–Trinajstić information content (AvgIpc) is 2.65. The third-order valence-electron chi connectivity index (χ3n) is 5.73. The van der Waals surface area contributed by atoms with E-state index in [0.717, 1.165) is 12.5 Å². The van der Waals surface area contributed by atoms with Gasteiger partial charge in [-0.3, -0.25) is 0 Å². The highest BCUT2D eigenvalue weighted by Gasteiger charge is 2.66. The topological polar surface area (TPSA) is 21.3 Å². The molecule has 2 aliphatic rings. The molecule has 1 aliphatic heterocycles. The molecule has 1 aliphatic carbocycles. The molecule has 2 nitrogen and oxygen atoms in total. The Labute approximate surface area is 107 Å². The van der Waals surface area contributed by atoms with Crippen molar-refractivity contribution in [2.45, 2.75) is 65.5 Å². The summed E-state index contributed by atoms with van der Waals surface area (Å²) >= 11 is 0. The quantitative estimate of drug-likeness (QED) is 0.795. The van der Waals surface area contributed by atoms with Crippen molar-refractivity contribution in [1.82, 2.24) is 5.32 Å². The Kier molecular flexibility index (Phi) is 3.57. The van der Waals surface area contributed by atoms with Gasteiger partial charge in [0.25, 0.3) is 0 Å². The van der Waals surface area contributed by atoms with E-state index in [1.807, 2.05) is 0 Å². The summed E-state index contributed by atoms with van der Waals surface area (Å²) < 4.78 is 5.72. The predicted octanol–water partition coefficient (Wildman–Crippen LogP) is 3.22. The third-order valence-corrected chi connectivity index (χ3v) is 5.73. The first-order valence-corrected chi connectivity index (χ1v) is 7.20. The molecule has 17 heavy (non-hydrogen) atoms. The minimum Gasteiger partial charge on any atom is -0.378 e. The van der Waals surface area contributed by atoms with Crippen LogP contribution < -0.4 is 5.32 Å². The normalized spacial score (nSPS) is 32.6. The summed E-state index contributed by atoms with van der Waals surface area (Å²) in [5.74, 6) is 0.807. The monoisotopic (exact) mass is 239 g/mol. The van der Waals surface area contributed by atoms with Crippen molar-refractivity contribution in [2.24, 2.45) is 16.7 Å². The molecule has 1 saturated heterocycles. The maximum Gasteiger partial charge on any atom is 0.0576 e. The first-order chi connectivity index (χ1) is 7.91. The van der Waals surface area contributed by atoms with Crippen LogP contribution in [-0.4, -0.2) is 25.8 Å². The smallest absolute Gasteiger partial charge is 0.0576 e. The molecule has 0 bridgehead atoms. The fourth-order valence-corrected chi connectivity index (χ4v) is 3.97. The summed E-state index contributed by atoms with van der Waals surface area (Å²) in [7, 11) is 2.12. The van der Waals surface area contributed by atoms with Crippen LogP contribution in [0.5, 0.6) is 0 Å². The first kappa shape index (κ1) is 13.4. The van der Waals surface area contributed by atoms with Gasteiger partial charge in [0.15, 0.2) is 0 Å². The second-order valence-corrected chi connectivity index (χ2v) is 7.03. The van der Waals surface area contributed by atoms with E-state index in [9.17, 15) is 0 Å². The highest BCUT2D eigenvalue weighted by molar-refractivity contribution is 5.16. The van der Waals surface area contributed by atoms with Crippen molar-refractivity contribution in [2.75, 3.05) is 13.7 Å². The molecule has 0 spiro atoms. The van der Waals surface area contributed by atoms with Crippen LogP contribution in [0.2, 0.25) is 0 Å². The Morgan fingerprint density at radius 3 is 2.29 bits per heavy atom. The van der Waals surface area contributed by atoms with Crippen LogP contribution >= 0.6 is 0 Å². The van der Waals surface area contributed by atoms with Gasteiger partial charge < -0.3 is 10.1 Å². The van der Waals surface area contributed by atoms with E-state index in [4.69, 9.17) is 4.74 Å². The molecule has 0 aromatic carbocycles. The van der Waals surface area contributed by atoms with E-state index in [1.54, 1.807) is 0 Å². The van der Waals surface area contributed by atoms with Crippen LogP contribution in [0, 0.1) is 16.7 Å².